The van der Waals surface area contributed by atoms with Crippen LogP contribution in [0.4, 0.5) is 0 Å². The van der Waals surface area contributed by atoms with Crippen LogP contribution >= 0.6 is 0 Å². The summed E-state index contributed by atoms with van der Waals surface area (Å²) in [5.41, 5.74) is -0.131. The molecule has 68 valence electrons. The highest BCUT2D eigenvalue weighted by molar-refractivity contribution is 4.87. The maximum atomic E-state index is 9.78. The molecule has 0 radical (unpaired) electrons. The fourth-order valence-corrected chi connectivity index (χ4v) is 1.08. The molecule has 1 N–H and O–H groups in total. The van der Waals surface area contributed by atoms with Gasteiger partial charge in [0.05, 0.1) is 6.10 Å². The largest absolute Gasteiger partial charge is 0.391 e. The first-order chi connectivity index (χ1) is 4.80. The number of aliphatic hydroxyl groups excluding tert-OH is 1. The van der Waals surface area contributed by atoms with Crippen molar-refractivity contribution in [1.29, 1.82) is 0 Å². The molecule has 0 aliphatic rings. The van der Waals surface area contributed by atoms with Crippen molar-refractivity contribution in [2.75, 3.05) is 14.1 Å². The van der Waals surface area contributed by atoms with Crippen LogP contribution in [0, 0.1) is 5.92 Å². The van der Waals surface area contributed by atoms with Gasteiger partial charge in [-0.15, -0.1) is 0 Å². The first-order valence-corrected chi connectivity index (χ1v) is 4.15. The van der Waals surface area contributed by atoms with Gasteiger partial charge in [0.1, 0.15) is 0 Å². The molecule has 0 saturated carbocycles. The third-order valence-corrected chi connectivity index (χ3v) is 2.51. The SMILES string of the molecule is CC(C)C(O)C(C)(C)N(C)C. The van der Waals surface area contributed by atoms with Gasteiger partial charge in [0.25, 0.3) is 0 Å². The average molecular weight is 159 g/mol. The molecular formula is C9H21NO. The zero-order chi connectivity index (χ0) is 9.23. The minimum Gasteiger partial charge on any atom is -0.391 e. The molecule has 1 unspecified atom stereocenters. The first kappa shape index (κ1) is 10.9. The van der Waals surface area contributed by atoms with Crippen LogP contribution in [-0.2, 0) is 0 Å². The lowest BCUT2D eigenvalue weighted by atomic mass is 9.88. The predicted molar refractivity (Wildman–Crippen MR) is 48.6 cm³/mol. The van der Waals surface area contributed by atoms with Crippen LogP contribution in [-0.4, -0.2) is 35.7 Å². The molecule has 1 atom stereocenters. The van der Waals surface area contributed by atoms with Crippen molar-refractivity contribution in [2.45, 2.75) is 39.3 Å². The lowest BCUT2D eigenvalue weighted by Crippen LogP contribution is -2.50. The average Bonchev–Trinajstić information content (AvgIpc) is 1.85. The molecule has 0 saturated heterocycles. The van der Waals surface area contributed by atoms with E-state index in [4.69, 9.17) is 0 Å². The summed E-state index contributed by atoms with van der Waals surface area (Å²) in [6.45, 7) is 8.18. The molecule has 2 nitrogen and oxygen atoms in total. The first-order valence-electron chi connectivity index (χ1n) is 4.15. The van der Waals surface area contributed by atoms with E-state index in [9.17, 15) is 5.11 Å². The number of hydrogen-bond donors (Lipinski definition) is 1. The summed E-state index contributed by atoms with van der Waals surface area (Å²) in [7, 11) is 3.98. The van der Waals surface area contributed by atoms with Crippen LogP contribution in [0.1, 0.15) is 27.7 Å². The molecule has 0 rings (SSSR count). The maximum absolute atomic E-state index is 9.78. The van der Waals surface area contributed by atoms with Crippen molar-refractivity contribution in [2.24, 2.45) is 5.92 Å². The van der Waals surface area contributed by atoms with E-state index in [1.807, 2.05) is 27.9 Å². The van der Waals surface area contributed by atoms with E-state index >= 15 is 0 Å². The second-order valence-corrected chi connectivity index (χ2v) is 4.24. The molecule has 0 aromatic carbocycles. The normalized spacial score (nSPS) is 16.1. The molecule has 0 heterocycles. The van der Waals surface area contributed by atoms with E-state index in [1.54, 1.807) is 0 Å². The monoisotopic (exact) mass is 159 g/mol. The van der Waals surface area contributed by atoms with Gasteiger partial charge in [0.2, 0.25) is 0 Å². The van der Waals surface area contributed by atoms with Gasteiger partial charge in [0.15, 0.2) is 0 Å². The molecule has 0 fully saturated rings. The quantitative estimate of drug-likeness (QED) is 0.672. The third kappa shape index (κ3) is 2.46. The van der Waals surface area contributed by atoms with Crippen LogP contribution in [0.25, 0.3) is 0 Å². The number of nitrogens with zero attached hydrogens (tertiary/aromatic N) is 1. The number of hydrogen-bond acceptors (Lipinski definition) is 2. The second kappa shape index (κ2) is 3.55. The Hall–Kier alpha value is -0.0800. The van der Waals surface area contributed by atoms with Crippen LogP contribution in [0.3, 0.4) is 0 Å². The van der Waals surface area contributed by atoms with Crippen molar-refractivity contribution >= 4 is 0 Å². The van der Waals surface area contributed by atoms with Gasteiger partial charge in [0, 0.05) is 5.54 Å². The van der Waals surface area contributed by atoms with Gasteiger partial charge >= 0.3 is 0 Å². The van der Waals surface area contributed by atoms with E-state index in [2.05, 4.69) is 18.7 Å². The molecular weight excluding hydrogens is 138 g/mol. The van der Waals surface area contributed by atoms with Crippen molar-refractivity contribution in [1.82, 2.24) is 4.90 Å². The Morgan fingerprint density at radius 2 is 1.55 bits per heavy atom. The molecule has 0 aliphatic carbocycles. The molecule has 0 aromatic rings. The Kier molecular flexibility index (Phi) is 3.52. The van der Waals surface area contributed by atoms with Crippen molar-refractivity contribution in [3.63, 3.8) is 0 Å². The van der Waals surface area contributed by atoms with E-state index in [0.29, 0.717) is 5.92 Å². The molecule has 0 spiro atoms. The fraction of sp³-hybridized carbons (Fsp3) is 1.00. The van der Waals surface area contributed by atoms with Crippen molar-refractivity contribution in [3.05, 3.63) is 0 Å². The van der Waals surface area contributed by atoms with Gasteiger partial charge in [-0.2, -0.15) is 0 Å². The molecule has 0 aliphatic heterocycles. The second-order valence-electron chi connectivity index (χ2n) is 4.24. The Morgan fingerprint density at radius 1 is 1.18 bits per heavy atom. The minimum atomic E-state index is -0.266. The smallest absolute Gasteiger partial charge is 0.0741 e. The highest BCUT2D eigenvalue weighted by atomic mass is 16.3. The Bertz CT molecular complexity index is 119. The summed E-state index contributed by atoms with van der Waals surface area (Å²) in [6, 6.07) is 0. The summed E-state index contributed by atoms with van der Waals surface area (Å²) < 4.78 is 0. The fourth-order valence-electron chi connectivity index (χ4n) is 1.08. The van der Waals surface area contributed by atoms with Gasteiger partial charge in [-0.25, -0.2) is 0 Å². The highest BCUT2D eigenvalue weighted by Gasteiger charge is 2.31. The van der Waals surface area contributed by atoms with Crippen molar-refractivity contribution < 1.29 is 5.11 Å². The van der Waals surface area contributed by atoms with E-state index in [1.165, 1.54) is 0 Å². The summed E-state index contributed by atoms with van der Waals surface area (Å²) in [5, 5.41) is 9.78. The Balaban J connectivity index is 4.29. The molecule has 0 amide bonds. The van der Waals surface area contributed by atoms with E-state index in [-0.39, 0.29) is 11.6 Å². The summed E-state index contributed by atoms with van der Waals surface area (Å²) in [6.07, 6.45) is -0.266. The van der Waals surface area contributed by atoms with Crippen LogP contribution in [0.5, 0.6) is 0 Å². The predicted octanol–water partition coefficient (Wildman–Crippen LogP) is 1.34. The highest BCUT2D eigenvalue weighted by Crippen LogP contribution is 2.21. The topological polar surface area (TPSA) is 23.5 Å². The Labute approximate surface area is 70.2 Å². The number of likely N-dealkylation sites (N-methyl/N-ethyl adjacent to an activating group) is 1. The molecule has 2 heteroatoms. The number of aliphatic hydroxyl groups is 1. The van der Waals surface area contributed by atoms with Crippen molar-refractivity contribution in [3.8, 4) is 0 Å². The lowest BCUT2D eigenvalue weighted by molar-refractivity contribution is -0.0114. The van der Waals surface area contributed by atoms with Crippen LogP contribution in [0.2, 0.25) is 0 Å². The number of rotatable bonds is 3. The Morgan fingerprint density at radius 3 is 1.64 bits per heavy atom. The zero-order valence-corrected chi connectivity index (χ0v) is 8.55. The van der Waals surface area contributed by atoms with Crippen LogP contribution in [0.15, 0.2) is 0 Å². The standard InChI is InChI=1S/C9H21NO/c1-7(2)8(11)9(3,4)10(5)6/h7-8,11H,1-6H3. The lowest BCUT2D eigenvalue weighted by Gasteiger charge is -2.39. The van der Waals surface area contributed by atoms with E-state index < -0.39 is 0 Å². The van der Waals surface area contributed by atoms with Gasteiger partial charge in [-0.1, -0.05) is 13.8 Å². The van der Waals surface area contributed by atoms with Gasteiger partial charge < -0.3 is 10.0 Å². The summed E-state index contributed by atoms with van der Waals surface area (Å²) >= 11 is 0. The van der Waals surface area contributed by atoms with Crippen LogP contribution < -0.4 is 0 Å². The summed E-state index contributed by atoms with van der Waals surface area (Å²) in [5.74, 6) is 0.312. The third-order valence-electron chi connectivity index (χ3n) is 2.51. The molecule has 11 heavy (non-hydrogen) atoms. The summed E-state index contributed by atoms with van der Waals surface area (Å²) in [4.78, 5) is 2.05. The van der Waals surface area contributed by atoms with Gasteiger partial charge in [-0.3, -0.25) is 0 Å². The minimum absolute atomic E-state index is 0.131. The zero-order valence-electron chi connectivity index (χ0n) is 8.55. The van der Waals surface area contributed by atoms with E-state index in [0.717, 1.165) is 0 Å². The van der Waals surface area contributed by atoms with Gasteiger partial charge in [-0.05, 0) is 33.9 Å². The maximum Gasteiger partial charge on any atom is 0.0741 e. The molecule has 0 aromatic heterocycles. The molecule has 0 bridgehead atoms.